The SMILES string of the molecule is CC(C(=O)O)N1CCC(COc2cc(Cl)cc(Cl)c2)CC1. The molecule has 21 heavy (non-hydrogen) atoms. The van der Waals surface area contributed by atoms with Crippen LogP contribution in [-0.4, -0.2) is 41.7 Å². The number of nitrogens with zero attached hydrogens (tertiary/aromatic N) is 1. The van der Waals surface area contributed by atoms with Crippen molar-refractivity contribution in [2.45, 2.75) is 25.8 Å². The lowest BCUT2D eigenvalue weighted by Crippen LogP contribution is -2.44. The molecule has 1 N–H and O–H groups in total. The molecule has 0 amide bonds. The Hall–Kier alpha value is -0.970. The van der Waals surface area contributed by atoms with E-state index in [-0.39, 0.29) is 0 Å². The number of hydrogen-bond donors (Lipinski definition) is 1. The van der Waals surface area contributed by atoms with Gasteiger partial charge >= 0.3 is 5.97 Å². The van der Waals surface area contributed by atoms with Crippen LogP contribution < -0.4 is 4.74 Å². The van der Waals surface area contributed by atoms with Gasteiger partial charge in [0.25, 0.3) is 0 Å². The van der Waals surface area contributed by atoms with Gasteiger partial charge in [0.15, 0.2) is 0 Å². The summed E-state index contributed by atoms with van der Waals surface area (Å²) in [4.78, 5) is 13.0. The maximum Gasteiger partial charge on any atom is 0.320 e. The number of rotatable bonds is 5. The number of hydrogen-bond acceptors (Lipinski definition) is 3. The van der Waals surface area contributed by atoms with Crippen molar-refractivity contribution < 1.29 is 14.6 Å². The number of likely N-dealkylation sites (tertiary alicyclic amines) is 1. The molecule has 1 aromatic carbocycles. The molecule has 0 aromatic heterocycles. The fraction of sp³-hybridized carbons (Fsp3) is 0.533. The molecule has 116 valence electrons. The highest BCUT2D eigenvalue weighted by atomic mass is 35.5. The molecule has 1 aliphatic rings. The van der Waals surface area contributed by atoms with Gasteiger partial charge in [0, 0.05) is 10.0 Å². The first kappa shape index (κ1) is 16.4. The molecular weight excluding hydrogens is 313 g/mol. The Balaban J connectivity index is 1.80. The van der Waals surface area contributed by atoms with Crippen molar-refractivity contribution in [3.8, 4) is 5.75 Å². The van der Waals surface area contributed by atoms with Crippen molar-refractivity contribution in [2.24, 2.45) is 5.92 Å². The number of halogens is 2. The number of carbonyl (C=O) groups is 1. The van der Waals surface area contributed by atoms with Gasteiger partial charge in [-0.25, -0.2) is 0 Å². The summed E-state index contributed by atoms with van der Waals surface area (Å²) in [6, 6.07) is 4.74. The molecule has 0 aliphatic carbocycles. The van der Waals surface area contributed by atoms with E-state index in [2.05, 4.69) is 0 Å². The largest absolute Gasteiger partial charge is 0.493 e. The summed E-state index contributed by atoms with van der Waals surface area (Å²) >= 11 is 11.9. The van der Waals surface area contributed by atoms with Gasteiger partial charge < -0.3 is 9.84 Å². The molecule has 2 rings (SSSR count). The van der Waals surface area contributed by atoms with Crippen molar-refractivity contribution in [2.75, 3.05) is 19.7 Å². The fourth-order valence-corrected chi connectivity index (χ4v) is 3.00. The van der Waals surface area contributed by atoms with Gasteiger partial charge in [0.2, 0.25) is 0 Å². The van der Waals surface area contributed by atoms with Gasteiger partial charge in [-0.2, -0.15) is 0 Å². The minimum absolute atomic E-state index is 0.418. The summed E-state index contributed by atoms with van der Waals surface area (Å²) in [6.07, 6.45) is 1.87. The molecule has 0 saturated carbocycles. The number of piperidine rings is 1. The first-order chi connectivity index (χ1) is 9.95. The predicted octanol–water partition coefficient (Wildman–Crippen LogP) is 3.56. The lowest BCUT2D eigenvalue weighted by atomic mass is 9.97. The highest BCUT2D eigenvalue weighted by Gasteiger charge is 2.26. The molecule has 1 unspecified atom stereocenters. The minimum Gasteiger partial charge on any atom is -0.493 e. The summed E-state index contributed by atoms with van der Waals surface area (Å²) in [6.45, 7) is 3.91. The highest BCUT2D eigenvalue weighted by Crippen LogP contribution is 2.26. The van der Waals surface area contributed by atoms with Crippen LogP contribution in [0, 0.1) is 5.92 Å². The average Bonchev–Trinajstić information content (AvgIpc) is 2.44. The van der Waals surface area contributed by atoms with Crippen LogP contribution in [0.2, 0.25) is 10.0 Å². The zero-order chi connectivity index (χ0) is 15.4. The van der Waals surface area contributed by atoms with E-state index >= 15 is 0 Å². The van der Waals surface area contributed by atoms with Gasteiger partial charge in [-0.15, -0.1) is 0 Å². The second kappa shape index (κ2) is 7.34. The summed E-state index contributed by atoms with van der Waals surface area (Å²) in [5.41, 5.74) is 0. The van der Waals surface area contributed by atoms with E-state index in [0.29, 0.717) is 28.3 Å². The van der Waals surface area contributed by atoms with Crippen molar-refractivity contribution in [3.63, 3.8) is 0 Å². The Morgan fingerprint density at radius 1 is 1.33 bits per heavy atom. The maximum atomic E-state index is 11.0. The van der Waals surface area contributed by atoms with Gasteiger partial charge in [0.1, 0.15) is 11.8 Å². The Bertz CT molecular complexity index is 481. The third-order valence-electron chi connectivity index (χ3n) is 3.88. The van der Waals surface area contributed by atoms with Crippen molar-refractivity contribution in [1.82, 2.24) is 4.90 Å². The van der Waals surface area contributed by atoms with E-state index in [9.17, 15) is 4.79 Å². The van der Waals surface area contributed by atoms with Crippen LogP contribution in [0.1, 0.15) is 19.8 Å². The van der Waals surface area contributed by atoms with Crippen LogP contribution in [0.5, 0.6) is 5.75 Å². The van der Waals surface area contributed by atoms with Crippen molar-refractivity contribution in [3.05, 3.63) is 28.2 Å². The van der Waals surface area contributed by atoms with Gasteiger partial charge in [-0.1, -0.05) is 23.2 Å². The van der Waals surface area contributed by atoms with Crippen molar-refractivity contribution >= 4 is 29.2 Å². The van der Waals surface area contributed by atoms with E-state index in [1.807, 2.05) is 4.90 Å². The zero-order valence-electron chi connectivity index (χ0n) is 11.9. The minimum atomic E-state index is -0.765. The summed E-state index contributed by atoms with van der Waals surface area (Å²) in [7, 11) is 0. The van der Waals surface area contributed by atoms with Gasteiger partial charge in [0.05, 0.1) is 6.61 Å². The molecule has 6 heteroatoms. The summed E-state index contributed by atoms with van der Waals surface area (Å²) in [5.74, 6) is 0.340. The monoisotopic (exact) mass is 331 g/mol. The van der Waals surface area contributed by atoms with E-state index in [4.69, 9.17) is 33.0 Å². The summed E-state index contributed by atoms with van der Waals surface area (Å²) < 4.78 is 5.75. The first-order valence-corrected chi connectivity index (χ1v) is 7.77. The lowest BCUT2D eigenvalue weighted by Gasteiger charge is -2.34. The molecule has 1 saturated heterocycles. The third-order valence-corrected chi connectivity index (χ3v) is 4.31. The second-order valence-corrected chi connectivity index (χ2v) is 6.28. The quantitative estimate of drug-likeness (QED) is 0.896. The fourth-order valence-electron chi connectivity index (χ4n) is 2.49. The van der Waals surface area contributed by atoms with Crippen LogP contribution in [0.15, 0.2) is 18.2 Å². The number of carboxylic acids is 1. The van der Waals surface area contributed by atoms with Gasteiger partial charge in [-0.05, 0) is 57.0 Å². The molecule has 1 heterocycles. The zero-order valence-corrected chi connectivity index (χ0v) is 13.4. The second-order valence-electron chi connectivity index (χ2n) is 5.41. The third kappa shape index (κ3) is 4.77. The van der Waals surface area contributed by atoms with E-state index in [0.717, 1.165) is 25.9 Å². The van der Waals surface area contributed by atoms with Crippen LogP contribution in [-0.2, 0) is 4.79 Å². The number of aliphatic carboxylic acids is 1. The molecule has 1 fully saturated rings. The molecule has 4 nitrogen and oxygen atoms in total. The molecule has 1 aliphatic heterocycles. The average molecular weight is 332 g/mol. The van der Waals surface area contributed by atoms with E-state index in [1.54, 1.807) is 25.1 Å². The molecule has 0 bridgehead atoms. The van der Waals surface area contributed by atoms with Crippen LogP contribution in [0.25, 0.3) is 0 Å². The van der Waals surface area contributed by atoms with E-state index in [1.165, 1.54) is 0 Å². The lowest BCUT2D eigenvalue weighted by molar-refractivity contribution is -0.143. The number of ether oxygens (including phenoxy) is 1. The smallest absolute Gasteiger partial charge is 0.320 e. The topological polar surface area (TPSA) is 49.8 Å². The normalized spacial score (nSPS) is 18.4. The van der Waals surface area contributed by atoms with Crippen LogP contribution in [0.4, 0.5) is 0 Å². The molecular formula is C15H19Cl2NO3. The molecule has 1 atom stereocenters. The first-order valence-electron chi connectivity index (χ1n) is 7.01. The Morgan fingerprint density at radius 2 is 1.90 bits per heavy atom. The molecule has 0 spiro atoms. The Labute approximate surface area is 134 Å². The number of benzene rings is 1. The molecule has 0 radical (unpaired) electrons. The standard InChI is InChI=1S/C15H19Cl2NO3/c1-10(15(19)20)18-4-2-11(3-5-18)9-21-14-7-12(16)6-13(17)8-14/h6-8,10-11H,2-5,9H2,1H3,(H,19,20). The Kier molecular flexibility index (Phi) is 5.73. The summed E-state index contributed by atoms with van der Waals surface area (Å²) in [5, 5.41) is 10.1. The molecule has 1 aromatic rings. The predicted molar refractivity (Wildman–Crippen MR) is 83.4 cm³/mol. The number of carboxylic acid groups (broad SMARTS) is 1. The van der Waals surface area contributed by atoms with Gasteiger partial charge in [-0.3, -0.25) is 9.69 Å². The highest BCUT2D eigenvalue weighted by molar-refractivity contribution is 6.34. The van der Waals surface area contributed by atoms with Crippen molar-refractivity contribution in [1.29, 1.82) is 0 Å². The van der Waals surface area contributed by atoms with Crippen LogP contribution >= 0.6 is 23.2 Å². The van der Waals surface area contributed by atoms with Crippen LogP contribution in [0.3, 0.4) is 0 Å². The Morgan fingerprint density at radius 3 is 2.43 bits per heavy atom. The maximum absolute atomic E-state index is 11.0. The van der Waals surface area contributed by atoms with E-state index < -0.39 is 12.0 Å².